The first-order valence-corrected chi connectivity index (χ1v) is 8.34. The van der Waals surface area contributed by atoms with Gasteiger partial charge in [0.1, 0.15) is 11.5 Å². The zero-order valence-corrected chi connectivity index (χ0v) is 14.2. The number of rotatable bonds is 4. The Morgan fingerprint density at radius 3 is 2.86 bits per heavy atom. The molecule has 1 aromatic carbocycles. The summed E-state index contributed by atoms with van der Waals surface area (Å²) in [6.07, 6.45) is 0. The van der Waals surface area contributed by atoms with Gasteiger partial charge in [-0.15, -0.1) is 11.3 Å². The minimum Gasteiger partial charge on any atom is -0.458 e. The number of carbonyl (C=O) groups is 1. The van der Waals surface area contributed by atoms with Crippen molar-refractivity contribution in [2.24, 2.45) is 0 Å². The quantitative estimate of drug-likeness (QED) is 0.733. The number of aryl methyl sites for hydroxylation is 1. The molecular weight excluding hydrogens is 364 g/mol. The summed E-state index contributed by atoms with van der Waals surface area (Å²) < 4.78 is 6.49. The summed E-state index contributed by atoms with van der Waals surface area (Å²) in [5, 5.41) is 5.80. The van der Waals surface area contributed by atoms with Crippen LogP contribution in [0.15, 0.2) is 50.7 Å². The van der Waals surface area contributed by atoms with Crippen LogP contribution in [0.2, 0.25) is 0 Å². The van der Waals surface area contributed by atoms with Gasteiger partial charge in [0.25, 0.3) is 5.91 Å². The van der Waals surface area contributed by atoms with Crippen molar-refractivity contribution in [2.75, 3.05) is 0 Å². The predicted octanol–water partition coefficient (Wildman–Crippen LogP) is 4.40. The molecule has 0 aliphatic carbocycles. The molecule has 3 aromatic rings. The van der Waals surface area contributed by atoms with Crippen LogP contribution in [-0.4, -0.2) is 10.9 Å². The second kappa shape index (κ2) is 6.46. The second-order valence-corrected chi connectivity index (χ2v) is 6.60. The van der Waals surface area contributed by atoms with E-state index in [0.29, 0.717) is 17.9 Å². The van der Waals surface area contributed by atoms with Crippen molar-refractivity contribution < 1.29 is 9.21 Å². The number of benzene rings is 1. The van der Waals surface area contributed by atoms with Crippen LogP contribution in [0.1, 0.15) is 21.1 Å². The van der Waals surface area contributed by atoms with Gasteiger partial charge in [-0.05, 0) is 47.1 Å². The van der Waals surface area contributed by atoms with Crippen molar-refractivity contribution >= 4 is 33.2 Å². The number of amides is 1. The molecule has 0 spiro atoms. The van der Waals surface area contributed by atoms with Crippen LogP contribution in [0.3, 0.4) is 0 Å². The van der Waals surface area contributed by atoms with E-state index in [0.717, 1.165) is 20.9 Å². The monoisotopic (exact) mass is 376 g/mol. The number of hydrogen-bond donors (Lipinski definition) is 1. The van der Waals surface area contributed by atoms with E-state index in [2.05, 4.69) is 26.2 Å². The van der Waals surface area contributed by atoms with E-state index in [1.165, 1.54) is 0 Å². The normalized spacial score (nSPS) is 10.6. The van der Waals surface area contributed by atoms with E-state index in [9.17, 15) is 4.79 Å². The highest BCUT2D eigenvalue weighted by Crippen LogP contribution is 2.23. The van der Waals surface area contributed by atoms with Gasteiger partial charge in [0.2, 0.25) is 0 Å². The number of carbonyl (C=O) groups excluding carboxylic acids is 1. The smallest absolute Gasteiger partial charge is 0.252 e. The van der Waals surface area contributed by atoms with Gasteiger partial charge in [0.05, 0.1) is 17.1 Å². The SMILES string of the molecule is Cc1nc(-c2ccc(CNC(=O)c3ccccc3Br)o2)cs1. The molecule has 112 valence electrons. The van der Waals surface area contributed by atoms with Crippen molar-refractivity contribution in [1.29, 1.82) is 0 Å². The van der Waals surface area contributed by atoms with E-state index in [4.69, 9.17) is 4.42 Å². The molecule has 0 saturated heterocycles. The van der Waals surface area contributed by atoms with Crippen molar-refractivity contribution in [3.05, 3.63) is 62.6 Å². The molecule has 1 amide bonds. The molecule has 2 aromatic heterocycles. The summed E-state index contributed by atoms with van der Waals surface area (Å²) in [5.74, 6) is 1.27. The summed E-state index contributed by atoms with van der Waals surface area (Å²) in [7, 11) is 0. The van der Waals surface area contributed by atoms with Crippen LogP contribution >= 0.6 is 27.3 Å². The molecule has 0 radical (unpaired) electrons. The molecule has 4 nitrogen and oxygen atoms in total. The van der Waals surface area contributed by atoms with Crippen LogP contribution < -0.4 is 5.32 Å². The summed E-state index contributed by atoms with van der Waals surface area (Å²) in [5.41, 5.74) is 1.43. The minimum absolute atomic E-state index is 0.144. The van der Waals surface area contributed by atoms with Crippen LogP contribution in [0.25, 0.3) is 11.5 Å². The van der Waals surface area contributed by atoms with E-state index >= 15 is 0 Å². The van der Waals surface area contributed by atoms with Crippen LogP contribution in [0.5, 0.6) is 0 Å². The van der Waals surface area contributed by atoms with Gasteiger partial charge in [-0.3, -0.25) is 4.79 Å². The van der Waals surface area contributed by atoms with E-state index in [1.807, 2.05) is 42.6 Å². The number of nitrogens with one attached hydrogen (secondary N) is 1. The van der Waals surface area contributed by atoms with Crippen molar-refractivity contribution in [3.63, 3.8) is 0 Å². The molecule has 0 aliphatic heterocycles. The van der Waals surface area contributed by atoms with E-state index in [-0.39, 0.29) is 5.91 Å². The van der Waals surface area contributed by atoms with Gasteiger partial charge in [0, 0.05) is 9.85 Å². The molecule has 0 unspecified atom stereocenters. The highest BCUT2D eigenvalue weighted by molar-refractivity contribution is 9.10. The maximum atomic E-state index is 12.1. The summed E-state index contributed by atoms with van der Waals surface area (Å²) in [4.78, 5) is 16.5. The fourth-order valence-electron chi connectivity index (χ4n) is 2.00. The van der Waals surface area contributed by atoms with Crippen molar-refractivity contribution in [3.8, 4) is 11.5 Å². The Kier molecular flexibility index (Phi) is 4.40. The number of thiazole rings is 1. The van der Waals surface area contributed by atoms with Crippen LogP contribution in [0.4, 0.5) is 0 Å². The highest BCUT2D eigenvalue weighted by atomic mass is 79.9. The Morgan fingerprint density at radius 2 is 2.14 bits per heavy atom. The Balaban J connectivity index is 1.66. The van der Waals surface area contributed by atoms with E-state index in [1.54, 1.807) is 17.4 Å². The summed E-state index contributed by atoms with van der Waals surface area (Å²) in [6.45, 7) is 2.29. The number of nitrogens with zero attached hydrogens (tertiary/aromatic N) is 1. The Labute approximate surface area is 140 Å². The molecule has 0 aliphatic rings. The minimum atomic E-state index is -0.144. The lowest BCUT2D eigenvalue weighted by molar-refractivity contribution is 0.0947. The third-order valence-electron chi connectivity index (χ3n) is 3.07. The Morgan fingerprint density at radius 1 is 1.32 bits per heavy atom. The standard InChI is InChI=1S/C16H13BrN2O2S/c1-10-19-14(9-22-10)15-7-6-11(21-15)8-18-16(20)12-4-2-3-5-13(12)17/h2-7,9H,8H2,1H3,(H,18,20). The molecule has 0 atom stereocenters. The lowest BCUT2D eigenvalue weighted by Gasteiger charge is -2.05. The van der Waals surface area contributed by atoms with E-state index < -0.39 is 0 Å². The van der Waals surface area contributed by atoms with Gasteiger partial charge in [-0.2, -0.15) is 0 Å². The first-order chi connectivity index (χ1) is 10.6. The Bertz CT molecular complexity index is 810. The number of aromatic nitrogens is 1. The van der Waals surface area contributed by atoms with Crippen LogP contribution in [0, 0.1) is 6.92 Å². The molecule has 0 bridgehead atoms. The average Bonchev–Trinajstić information content (AvgIpc) is 3.14. The molecule has 0 fully saturated rings. The number of hydrogen-bond acceptors (Lipinski definition) is 4. The van der Waals surface area contributed by atoms with Gasteiger partial charge in [-0.1, -0.05) is 12.1 Å². The third kappa shape index (κ3) is 3.28. The van der Waals surface area contributed by atoms with Gasteiger partial charge >= 0.3 is 0 Å². The molecule has 6 heteroatoms. The highest BCUT2D eigenvalue weighted by Gasteiger charge is 2.11. The molecule has 3 rings (SSSR count). The summed E-state index contributed by atoms with van der Waals surface area (Å²) in [6, 6.07) is 11.0. The molecular formula is C16H13BrN2O2S. The second-order valence-electron chi connectivity index (χ2n) is 4.68. The predicted molar refractivity (Wildman–Crippen MR) is 89.9 cm³/mol. The zero-order valence-electron chi connectivity index (χ0n) is 11.8. The number of furan rings is 1. The fourth-order valence-corrected chi connectivity index (χ4v) is 3.06. The third-order valence-corrected chi connectivity index (χ3v) is 4.54. The zero-order chi connectivity index (χ0) is 15.5. The van der Waals surface area contributed by atoms with Gasteiger partial charge in [-0.25, -0.2) is 4.98 Å². The lowest BCUT2D eigenvalue weighted by atomic mass is 10.2. The molecule has 1 N–H and O–H groups in total. The number of halogens is 1. The molecule has 0 saturated carbocycles. The molecule has 2 heterocycles. The maximum Gasteiger partial charge on any atom is 0.252 e. The topological polar surface area (TPSA) is 55.1 Å². The Hall–Kier alpha value is -1.92. The maximum absolute atomic E-state index is 12.1. The first kappa shape index (κ1) is 15.0. The van der Waals surface area contributed by atoms with Crippen molar-refractivity contribution in [1.82, 2.24) is 10.3 Å². The summed E-state index contributed by atoms with van der Waals surface area (Å²) >= 11 is 4.95. The average molecular weight is 377 g/mol. The lowest BCUT2D eigenvalue weighted by Crippen LogP contribution is -2.22. The van der Waals surface area contributed by atoms with Gasteiger partial charge in [0.15, 0.2) is 5.76 Å². The first-order valence-electron chi connectivity index (χ1n) is 6.67. The van der Waals surface area contributed by atoms with Crippen LogP contribution in [-0.2, 0) is 6.54 Å². The molecule has 22 heavy (non-hydrogen) atoms. The fraction of sp³-hybridized carbons (Fsp3) is 0.125. The largest absolute Gasteiger partial charge is 0.458 e. The van der Waals surface area contributed by atoms with Crippen molar-refractivity contribution in [2.45, 2.75) is 13.5 Å². The van der Waals surface area contributed by atoms with Gasteiger partial charge < -0.3 is 9.73 Å².